The molecule has 2 rings (SSSR count). The molecule has 4 nitrogen and oxygen atoms in total. The third-order valence-electron chi connectivity index (χ3n) is 2.27. The standard InChI is InChI=1S/C12H9ClFN3O/c13-11-10(2-1-5-16-11)17-12(18)8-6-7(14)3-4-9(8)15/h1-6H,15H2,(H,17,18). The highest BCUT2D eigenvalue weighted by molar-refractivity contribution is 6.32. The number of carbonyl (C=O) groups is 1. The van der Waals surface area contributed by atoms with Gasteiger partial charge in [-0.3, -0.25) is 4.79 Å². The van der Waals surface area contributed by atoms with Gasteiger partial charge in [-0.2, -0.15) is 0 Å². The van der Waals surface area contributed by atoms with Crippen molar-refractivity contribution in [2.75, 3.05) is 11.1 Å². The molecule has 2 aromatic rings. The molecule has 0 radical (unpaired) electrons. The number of nitrogens with one attached hydrogen (secondary N) is 1. The van der Waals surface area contributed by atoms with Crippen LogP contribution in [0.1, 0.15) is 10.4 Å². The maximum atomic E-state index is 13.1. The summed E-state index contributed by atoms with van der Waals surface area (Å²) in [6.07, 6.45) is 1.49. The quantitative estimate of drug-likeness (QED) is 0.648. The van der Waals surface area contributed by atoms with E-state index in [1.165, 1.54) is 18.3 Å². The molecular formula is C12H9ClFN3O. The summed E-state index contributed by atoms with van der Waals surface area (Å²) < 4.78 is 13.1. The van der Waals surface area contributed by atoms with Crippen LogP contribution in [0.3, 0.4) is 0 Å². The van der Waals surface area contributed by atoms with Crippen molar-refractivity contribution in [1.29, 1.82) is 0 Å². The van der Waals surface area contributed by atoms with Gasteiger partial charge in [-0.05, 0) is 30.3 Å². The van der Waals surface area contributed by atoms with E-state index in [2.05, 4.69) is 10.3 Å². The van der Waals surface area contributed by atoms with Crippen molar-refractivity contribution < 1.29 is 9.18 Å². The van der Waals surface area contributed by atoms with Crippen molar-refractivity contribution in [2.24, 2.45) is 0 Å². The van der Waals surface area contributed by atoms with Crippen LogP contribution in [0.4, 0.5) is 15.8 Å². The molecule has 0 saturated heterocycles. The SMILES string of the molecule is Nc1ccc(F)cc1C(=O)Nc1cccnc1Cl. The Kier molecular flexibility index (Phi) is 3.43. The summed E-state index contributed by atoms with van der Waals surface area (Å²) in [5.74, 6) is -1.08. The number of rotatable bonds is 2. The average molecular weight is 266 g/mol. The van der Waals surface area contributed by atoms with E-state index in [0.29, 0.717) is 5.69 Å². The lowest BCUT2D eigenvalue weighted by Gasteiger charge is -2.08. The third kappa shape index (κ3) is 2.57. The molecule has 18 heavy (non-hydrogen) atoms. The molecule has 0 aliphatic rings. The van der Waals surface area contributed by atoms with Gasteiger partial charge in [0.15, 0.2) is 5.15 Å². The summed E-state index contributed by atoms with van der Waals surface area (Å²) in [6, 6.07) is 6.78. The van der Waals surface area contributed by atoms with Gasteiger partial charge in [0.2, 0.25) is 0 Å². The fourth-order valence-corrected chi connectivity index (χ4v) is 1.56. The van der Waals surface area contributed by atoms with Gasteiger partial charge in [0.25, 0.3) is 5.91 Å². The largest absolute Gasteiger partial charge is 0.398 e. The molecule has 0 fully saturated rings. The summed E-state index contributed by atoms with van der Waals surface area (Å²) in [5, 5.41) is 2.67. The zero-order chi connectivity index (χ0) is 13.1. The summed E-state index contributed by atoms with van der Waals surface area (Å²) in [5.41, 5.74) is 6.19. The van der Waals surface area contributed by atoms with Gasteiger partial charge < -0.3 is 11.1 Å². The van der Waals surface area contributed by atoms with Gasteiger partial charge in [0.1, 0.15) is 5.82 Å². The van der Waals surface area contributed by atoms with E-state index >= 15 is 0 Å². The van der Waals surface area contributed by atoms with E-state index in [-0.39, 0.29) is 16.4 Å². The van der Waals surface area contributed by atoms with Gasteiger partial charge in [0.05, 0.1) is 11.3 Å². The molecule has 0 unspecified atom stereocenters. The minimum Gasteiger partial charge on any atom is -0.398 e. The lowest BCUT2D eigenvalue weighted by Crippen LogP contribution is -2.14. The fourth-order valence-electron chi connectivity index (χ4n) is 1.39. The summed E-state index contributed by atoms with van der Waals surface area (Å²) in [6.45, 7) is 0. The van der Waals surface area contributed by atoms with Crippen molar-refractivity contribution in [1.82, 2.24) is 4.98 Å². The molecule has 92 valence electrons. The predicted molar refractivity (Wildman–Crippen MR) is 68.0 cm³/mol. The molecule has 0 saturated carbocycles. The molecule has 1 amide bonds. The maximum Gasteiger partial charge on any atom is 0.257 e. The Morgan fingerprint density at radius 1 is 1.39 bits per heavy atom. The van der Waals surface area contributed by atoms with Crippen LogP contribution < -0.4 is 11.1 Å². The molecule has 0 bridgehead atoms. The molecule has 0 spiro atoms. The van der Waals surface area contributed by atoms with Gasteiger partial charge >= 0.3 is 0 Å². The normalized spacial score (nSPS) is 10.1. The van der Waals surface area contributed by atoms with Crippen LogP contribution in [-0.2, 0) is 0 Å². The fraction of sp³-hybridized carbons (Fsp3) is 0. The first-order valence-electron chi connectivity index (χ1n) is 5.05. The van der Waals surface area contributed by atoms with Crippen molar-refractivity contribution in [3.05, 3.63) is 53.1 Å². The first-order valence-corrected chi connectivity index (χ1v) is 5.42. The number of benzene rings is 1. The van der Waals surface area contributed by atoms with E-state index in [1.807, 2.05) is 0 Å². The first-order chi connectivity index (χ1) is 8.58. The molecule has 3 N–H and O–H groups in total. The van der Waals surface area contributed by atoms with Crippen molar-refractivity contribution in [3.8, 4) is 0 Å². The van der Waals surface area contributed by atoms with E-state index in [4.69, 9.17) is 17.3 Å². The van der Waals surface area contributed by atoms with Crippen LogP contribution in [0.25, 0.3) is 0 Å². The van der Waals surface area contributed by atoms with Gasteiger partial charge in [0, 0.05) is 11.9 Å². The number of hydrogen-bond acceptors (Lipinski definition) is 3. The molecule has 1 heterocycles. The van der Waals surface area contributed by atoms with E-state index in [9.17, 15) is 9.18 Å². The first kappa shape index (κ1) is 12.3. The number of hydrogen-bond donors (Lipinski definition) is 2. The number of nitrogen functional groups attached to an aromatic ring is 1. The third-order valence-corrected chi connectivity index (χ3v) is 2.57. The number of carbonyl (C=O) groups excluding carboxylic acids is 1. The number of aromatic nitrogens is 1. The second kappa shape index (κ2) is 5.01. The lowest BCUT2D eigenvalue weighted by atomic mass is 10.1. The minimum absolute atomic E-state index is 0.0509. The van der Waals surface area contributed by atoms with Gasteiger partial charge in [-0.1, -0.05) is 11.6 Å². The second-order valence-electron chi connectivity index (χ2n) is 3.53. The highest BCUT2D eigenvalue weighted by atomic mass is 35.5. The van der Waals surface area contributed by atoms with Crippen LogP contribution in [-0.4, -0.2) is 10.9 Å². The average Bonchev–Trinajstić information content (AvgIpc) is 2.35. The van der Waals surface area contributed by atoms with Crippen molar-refractivity contribution >= 4 is 28.9 Å². The molecular weight excluding hydrogens is 257 g/mol. The predicted octanol–water partition coefficient (Wildman–Crippen LogP) is 2.71. The summed E-state index contributed by atoms with van der Waals surface area (Å²) >= 11 is 5.80. The Morgan fingerprint density at radius 3 is 2.89 bits per heavy atom. The number of amides is 1. The van der Waals surface area contributed by atoms with Crippen molar-refractivity contribution in [3.63, 3.8) is 0 Å². The second-order valence-corrected chi connectivity index (χ2v) is 3.89. The highest BCUT2D eigenvalue weighted by Crippen LogP contribution is 2.20. The van der Waals surface area contributed by atoms with Gasteiger partial charge in [-0.15, -0.1) is 0 Å². The minimum atomic E-state index is -0.540. The Bertz CT molecular complexity index is 604. The van der Waals surface area contributed by atoms with E-state index < -0.39 is 11.7 Å². The molecule has 0 atom stereocenters. The zero-order valence-electron chi connectivity index (χ0n) is 9.15. The smallest absolute Gasteiger partial charge is 0.257 e. The van der Waals surface area contributed by atoms with E-state index in [1.54, 1.807) is 12.1 Å². The van der Waals surface area contributed by atoms with Gasteiger partial charge in [-0.25, -0.2) is 9.37 Å². The zero-order valence-corrected chi connectivity index (χ0v) is 9.91. The van der Waals surface area contributed by atoms with Crippen LogP contribution in [0, 0.1) is 5.82 Å². The Morgan fingerprint density at radius 2 is 2.17 bits per heavy atom. The number of nitrogens with two attached hydrogens (primary N) is 1. The monoisotopic (exact) mass is 265 g/mol. The van der Waals surface area contributed by atoms with E-state index in [0.717, 1.165) is 6.07 Å². The van der Waals surface area contributed by atoms with Crippen LogP contribution in [0.5, 0.6) is 0 Å². The van der Waals surface area contributed by atoms with Crippen LogP contribution in [0.2, 0.25) is 5.15 Å². The number of anilines is 2. The highest BCUT2D eigenvalue weighted by Gasteiger charge is 2.12. The van der Waals surface area contributed by atoms with Crippen molar-refractivity contribution in [2.45, 2.75) is 0 Å². The molecule has 1 aromatic heterocycles. The number of halogens is 2. The Balaban J connectivity index is 2.28. The van der Waals surface area contributed by atoms with Crippen LogP contribution in [0.15, 0.2) is 36.5 Å². The summed E-state index contributed by atoms with van der Waals surface area (Å²) in [4.78, 5) is 15.7. The Labute approximate surface area is 108 Å². The molecule has 1 aromatic carbocycles. The number of nitrogens with zero attached hydrogens (tertiary/aromatic N) is 1. The summed E-state index contributed by atoms with van der Waals surface area (Å²) in [7, 11) is 0. The number of pyridine rings is 1. The Hall–Kier alpha value is -2.14. The van der Waals surface area contributed by atoms with Crippen LogP contribution >= 0.6 is 11.6 Å². The molecule has 0 aliphatic carbocycles. The maximum absolute atomic E-state index is 13.1. The molecule has 6 heteroatoms. The molecule has 0 aliphatic heterocycles. The topological polar surface area (TPSA) is 68.0 Å². The lowest BCUT2D eigenvalue weighted by molar-refractivity contribution is 0.102.